The molecule has 88 valence electrons. The number of amides is 1. The van der Waals surface area contributed by atoms with Gasteiger partial charge in [-0.25, -0.2) is 4.98 Å². The standard InChI is InChI=1S/C10H7Cl2N3OS/c11-6-2-1-5(3-7(6)12)14-9(16)8-4-17-10(13)15-8/h1-4H,(H2,13,15)(H,14,16). The van der Waals surface area contributed by atoms with Crippen LogP contribution in [0.5, 0.6) is 0 Å². The minimum atomic E-state index is -0.337. The highest BCUT2D eigenvalue weighted by Gasteiger charge is 2.10. The van der Waals surface area contributed by atoms with Crippen molar-refractivity contribution in [2.75, 3.05) is 11.1 Å². The molecule has 1 heterocycles. The summed E-state index contributed by atoms with van der Waals surface area (Å²) in [6.45, 7) is 0. The maximum Gasteiger partial charge on any atom is 0.275 e. The molecule has 0 radical (unpaired) electrons. The van der Waals surface area contributed by atoms with E-state index in [1.807, 2.05) is 0 Å². The number of carbonyl (C=O) groups excluding carboxylic acids is 1. The number of nitrogens with zero attached hydrogens (tertiary/aromatic N) is 1. The van der Waals surface area contributed by atoms with Gasteiger partial charge in [0.25, 0.3) is 5.91 Å². The lowest BCUT2D eigenvalue weighted by Gasteiger charge is -2.04. The van der Waals surface area contributed by atoms with Gasteiger partial charge in [-0.1, -0.05) is 23.2 Å². The van der Waals surface area contributed by atoms with Crippen molar-refractivity contribution < 1.29 is 4.79 Å². The Morgan fingerprint density at radius 3 is 2.71 bits per heavy atom. The normalized spacial score (nSPS) is 10.2. The third-order valence-corrected chi connectivity index (χ3v) is 3.34. The Kier molecular flexibility index (Phi) is 3.51. The van der Waals surface area contributed by atoms with E-state index in [0.29, 0.717) is 20.9 Å². The van der Waals surface area contributed by atoms with Crippen molar-refractivity contribution >= 4 is 51.3 Å². The van der Waals surface area contributed by atoms with Crippen LogP contribution >= 0.6 is 34.5 Å². The molecule has 4 nitrogen and oxygen atoms in total. The molecule has 3 N–H and O–H groups in total. The molecule has 1 amide bonds. The number of carbonyl (C=O) groups is 1. The van der Waals surface area contributed by atoms with Gasteiger partial charge in [-0.05, 0) is 18.2 Å². The molecule has 0 aliphatic rings. The van der Waals surface area contributed by atoms with Gasteiger partial charge < -0.3 is 11.1 Å². The number of nitrogens with two attached hydrogens (primary N) is 1. The lowest BCUT2D eigenvalue weighted by molar-refractivity contribution is 0.102. The molecule has 0 spiro atoms. The molecular weight excluding hydrogens is 281 g/mol. The van der Waals surface area contributed by atoms with Gasteiger partial charge in [-0.3, -0.25) is 4.79 Å². The van der Waals surface area contributed by atoms with Gasteiger partial charge in [0.15, 0.2) is 5.13 Å². The Morgan fingerprint density at radius 1 is 1.35 bits per heavy atom. The summed E-state index contributed by atoms with van der Waals surface area (Å²) in [6, 6.07) is 4.83. The van der Waals surface area contributed by atoms with Crippen LogP contribution in [-0.2, 0) is 0 Å². The summed E-state index contributed by atoms with van der Waals surface area (Å²) in [5, 5.41) is 5.39. The van der Waals surface area contributed by atoms with Crippen molar-refractivity contribution in [2.45, 2.75) is 0 Å². The Balaban J connectivity index is 2.15. The van der Waals surface area contributed by atoms with E-state index in [2.05, 4.69) is 10.3 Å². The van der Waals surface area contributed by atoms with Crippen LogP contribution in [0.2, 0.25) is 10.0 Å². The van der Waals surface area contributed by atoms with Gasteiger partial charge in [-0.15, -0.1) is 11.3 Å². The summed E-state index contributed by atoms with van der Waals surface area (Å²) in [6.07, 6.45) is 0. The van der Waals surface area contributed by atoms with Crippen molar-refractivity contribution in [3.05, 3.63) is 39.3 Å². The quantitative estimate of drug-likeness (QED) is 0.891. The van der Waals surface area contributed by atoms with Gasteiger partial charge in [0.05, 0.1) is 10.0 Å². The molecule has 0 saturated carbocycles. The summed E-state index contributed by atoms with van der Waals surface area (Å²) in [5.74, 6) is -0.337. The predicted octanol–water partition coefficient (Wildman–Crippen LogP) is 3.28. The number of halogens is 2. The fraction of sp³-hybridized carbons (Fsp3) is 0. The highest BCUT2D eigenvalue weighted by atomic mass is 35.5. The van der Waals surface area contributed by atoms with Gasteiger partial charge >= 0.3 is 0 Å². The number of nitrogen functional groups attached to an aromatic ring is 1. The lowest BCUT2D eigenvalue weighted by atomic mass is 10.3. The van der Waals surface area contributed by atoms with E-state index in [1.54, 1.807) is 23.6 Å². The van der Waals surface area contributed by atoms with Crippen LogP contribution in [-0.4, -0.2) is 10.9 Å². The average Bonchev–Trinajstić information content (AvgIpc) is 2.70. The smallest absolute Gasteiger partial charge is 0.275 e. The van der Waals surface area contributed by atoms with Crippen LogP contribution < -0.4 is 11.1 Å². The van der Waals surface area contributed by atoms with Crippen molar-refractivity contribution in [3.63, 3.8) is 0 Å². The van der Waals surface area contributed by atoms with E-state index in [-0.39, 0.29) is 11.6 Å². The van der Waals surface area contributed by atoms with Crippen LogP contribution in [0.1, 0.15) is 10.5 Å². The molecule has 1 aromatic carbocycles. The number of thiazole rings is 1. The highest BCUT2D eigenvalue weighted by Crippen LogP contribution is 2.25. The van der Waals surface area contributed by atoms with Gasteiger partial charge in [0, 0.05) is 11.1 Å². The Bertz CT molecular complexity index is 570. The number of anilines is 2. The lowest BCUT2D eigenvalue weighted by Crippen LogP contribution is -2.12. The first kappa shape index (κ1) is 12.2. The second kappa shape index (κ2) is 4.91. The number of hydrogen-bond acceptors (Lipinski definition) is 4. The zero-order chi connectivity index (χ0) is 12.4. The maximum atomic E-state index is 11.7. The fourth-order valence-corrected chi connectivity index (χ4v) is 2.00. The largest absolute Gasteiger partial charge is 0.375 e. The molecule has 7 heteroatoms. The second-order valence-corrected chi connectivity index (χ2v) is 4.86. The Hall–Kier alpha value is -1.30. The molecule has 0 aliphatic carbocycles. The molecule has 1 aromatic heterocycles. The Labute approximate surface area is 111 Å². The molecule has 17 heavy (non-hydrogen) atoms. The average molecular weight is 288 g/mol. The number of benzene rings is 1. The molecule has 0 saturated heterocycles. The number of hydrogen-bond donors (Lipinski definition) is 2. The molecular formula is C10H7Cl2N3OS. The molecule has 0 atom stereocenters. The van der Waals surface area contributed by atoms with Gasteiger partial charge in [0.1, 0.15) is 5.69 Å². The van der Waals surface area contributed by atoms with Gasteiger partial charge in [-0.2, -0.15) is 0 Å². The topological polar surface area (TPSA) is 68.0 Å². The SMILES string of the molecule is Nc1nc(C(=O)Nc2ccc(Cl)c(Cl)c2)cs1. The number of aromatic nitrogens is 1. The summed E-state index contributed by atoms with van der Waals surface area (Å²) >= 11 is 12.8. The molecule has 0 aliphatic heterocycles. The van der Waals surface area contributed by atoms with Gasteiger partial charge in [0.2, 0.25) is 0 Å². The van der Waals surface area contributed by atoms with Crippen molar-refractivity contribution in [2.24, 2.45) is 0 Å². The zero-order valence-electron chi connectivity index (χ0n) is 8.41. The maximum absolute atomic E-state index is 11.7. The molecule has 2 rings (SSSR count). The third-order valence-electron chi connectivity index (χ3n) is 1.93. The van der Waals surface area contributed by atoms with Crippen molar-refractivity contribution in [3.8, 4) is 0 Å². The fourth-order valence-electron chi connectivity index (χ4n) is 1.16. The molecule has 0 bridgehead atoms. The molecule has 0 fully saturated rings. The third kappa shape index (κ3) is 2.88. The first-order valence-electron chi connectivity index (χ1n) is 4.53. The number of nitrogens with one attached hydrogen (secondary N) is 1. The summed E-state index contributed by atoms with van der Waals surface area (Å²) in [5.41, 5.74) is 6.27. The van der Waals surface area contributed by atoms with E-state index in [9.17, 15) is 4.79 Å². The minimum Gasteiger partial charge on any atom is -0.375 e. The van der Waals surface area contributed by atoms with E-state index < -0.39 is 0 Å². The van der Waals surface area contributed by atoms with Crippen LogP contribution in [0.25, 0.3) is 0 Å². The van der Waals surface area contributed by atoms with Crippen LogP contribution in [0.15, 0.2) is 23.6 Å². The summed E-state index contributed by atoms with van der Waals surface area (Å²) < 4.78 is 0. The van der Waals surface area contributed by atoms with Crippen LogP contribution in [0.4, 0.5) is 10.8 Å². The zero-order valence-corrected chi connectivity index (χ0v) is 10.7. The van der Waals surface area contributed by atoms with E-state index in [1.165, 1.54) is 11.3 Å². The summed E-state index contributed by atoms with van der Waals surface area (Å²) in [4.78, 5) is 15.6. The monoisotopic (exact) mass is 287 g/mol. The second-order valence-electron chi connectivity index (χ2n) is 3.15. The molecule has 2 aromatic rings. The van der Waals surface area contributed by atoms with E-state index >= 15 is 0 Å². The van der Waals surface area contributed by atoms with Crippen molar-refractivity contribution in [1.29, 1.82) is 0 Å². The van der Waals surface area contributed by atoms with Crippen molar-refractivity contribution in [1.82, 2.24) is 4.98 Å². The van der Waals surface area contributed by atoms with Crippen LogP contribution in [0, 0.1) is 0 Å². The Morgan fingerprint density at radius 2 is 2.12 bits per heavy atom. The first-order chi connectivity index (χ1) is 8.06. The van der Waals surface area contributed by atoms with E-state index in [4.69, 9.17) is 28.9 Å². The summed E-state index contributed by atoms with van der Waals surface area (Å²) in [7, 11) is 0. The number of rotatable bonds is 2. The highest BCUT2D eigenvalue weighted by molar-refractivity contribution is 7.13. The van der Waals surface area contributed by atoms with Crippen LogP contribution in [0.3, 0.4) is 0 Å². The van der Waals surface area contributed by atoms with E-state index in [0.717, 1.165) is 0 Å². The first-order valence-corrected chi connectivity index (χ1v) is 6.17. The minimum absolute atomic E-state index is 0.276. The molecule has 0 unspecified atom stereocenters. The predicted molar refractivity (Wildman–Crippen MR) is 70.9 cm³/mol.